The van der Waals surface area contributed by atoms with Crippen molar-refractivity contribution in [1.29, 1.82) is 5.26 Å². The largest absolute Gasteiger partial charge is 0.494 e. The van der Waals surface area contributed by atoms with Gasteiger partial charge in [-0.2, -0.15) is 18.4 Å². The van der Waals surface area contributed by atoms with Gasteiger partial charge in [-0.1, -0.05) is 12.1 Å². The number of alkyl halides is 3. The zero-order chi connectivity index (χ0) is 18.1. The van der Waals surface area contributed by atoms with Crippen LogP contribution in [-0.2, 0) is 13.2 Å². The van der Waals surface area contributed by atoms with Crippen LogP contribution >= 0.6 is 0 Å². The number of hydrogen-bond donors (Lipinski definition) is 1. The van der Waals surface area contributed by atoms with Crippen LogP contribution in [0.4, 0.5) is 18.9 Å². The molecule has 24 heavy (non-hydrogen) atoms. The maximum atomic E-state index is 13.0. The van der Waals surface area contributed by atoms with E-state index in [1.807, 2.05) is 0 Å². The molecule has 0 unspecified atom stereocenters. The fourth-order valence-electron chi connectivity index (χ4n) is 2.15. The Bertz CT molecular complexity index is 922. The van der Waals surface area contributed by atoms with Crippen molar-refractivity contribution in [3.63, 3.8) is 0 Å². The van der Waals surface area contributed by atoms with E-state index >= 15 is 0 Å². The summed E-state index contributed by atoms with van der Waals surface area (Å²) >= 11 is 0. The highest BCUT2D eigenvalue weighted by Crippen LogP contribution is 2.36. The predicted molar refractivity (Wildman–Crippen MR) is 81.5 cm³/mol. The van der Waals surface area contributed by atoms with E-state index in [0.29, 0.717) is 0 Å². The van der Waals surface area contributed by atoms with Gasteiger partial charge < -0.3 is 5.11 Å². The van der Waals surface area contributed by atoms with Crippen molar-refractivity contribution < 1.29 is 18.3 Å². The number of halogens is 3. The Morgan fingerprint density at radius 1 is 1.33 bits per heavy atom. The summed E-state index contributed by atoms with van der Waals surface area (Å²) < 4.78 is 39.7. The van der Waals surface area contributed by atoms with E-state index in [9.17, 15) is 23.1 Å². The molecule has 0 spiro atoms. The fourth-order valence-corrected chi connectivity index (χ4v) is 2.15. The van der Waals surface area contributed by atoms with Crippen molar-refractivity contribution in [3.05, 3.63) is 56.9 Å². The number of aliphatic imine (C=N–C) groups is 1. The van der Waals surface area contributed by atoms with Crippen LogP contribution in [0.3, 0.4) is 0 Å². The Morgan fingerprint density at radius 2 is 1.96 bits per heavy atom. The Balaban J connectivity index is 2.63. The number of para-hydroxylation sites is 1. The summed E-state index contributed by atoms with van der Waals surface area (Å²) in [5.41, 5.74) is -2.02. The number of nitrogens with zero attached hydrogens (tertiary/aromatic N) is 3. The first-order chi connectivity index (χ1) is 11.2. The van der Waals surface area contributed by atoms with E-state index in [4.69, 9.17) is 5.26 Å². The molecule has 0 atom stereocenters. The summed E-state index contributed by atoms with van der Waals surface area (Å²) in [5, 5.41) is 19.1. The van der Waals surface area contributed by atoms with Gasteiger partial charge in [-0.3, -0.25) is 14.4 Å². The first kappa shape index (κ1) is 17.3. The van der Waals surface area contributed by atoms with Crippen LogP contribution in [0.2, 0.25) is 0 Å². The van der Waals surface area contributed by atoms with Gasteiger partial charge >= 0.3 is 6.18 Å². The second-order valence-corrected chi connectivity index (χ2v) is 4.99. The molecule has 1 heterocycles. The Kier molecular flexibility index (Phi) is 4.46. The van der Waals surface area contributed by atoms with Crippen LogP contribution in [0, 0.1) is 18.3 Å². The monoisotopic (exact) mass is 335 g/mol. The molecule has 0 aliphatic heterocycles. The Hall–Kier alpha value is -3.08. The second-order valence-electron chi connectivity index (χ2n) is 4.99. The molecular formula is C16H12F3N3O2. The average molecular weight is 335 g/mol. The average Bonchev–Trinajstić information content (AvgIpc) is 2.53. The van der Waals surface area contributed by atoms with E-state index in [1.165, 1.54) is 32.2 Å². The van der Waals surface area contributed by atoms with Crippen LogP contribution in [-0.4, -0.2) is 15.9 Å². The van der Waals surface area contributed by atoms with Crippen LogP contribution in [0.5, 0.6) is 5.88 Å². The van der Waals surface area contributed by atoms with Crippen LogP contribution in [0.25, 0.3) is 0 Å². The number of nitriles is 1. The lowest BCUT2D eigenvalue weighted by Gasteiger charge is -2.11. The molecule has 0 fully saturated rings. The third-order valence-corrected chi connectivity index (χ3v) is 3.51. The Morgan fingerprint density at radius 3 is 2.54 bits per heavy atom. The minimum atomic E-state index is -4.58. The van der Waals surface area contributed by atoms with E-state index < -0.39 is 23.2 Å². The van der Waals surface area contributed by atoms with E-state index in [2.05, 4.69) is 4.99 Å². The van der Waals surface area contributed by atoms with Crippen LogP contribution in [0.1, 0.15) is 22.3 Å². The number of aromatic nitrogens is 1. The zero-order valence-corrected chi connectivity index (χ0v) is 12.7. The van der Waals surface area contributed by atoms with E-state index in [-0.39, 0.29) is 22.4 Å². The van der Waals surface area contributed by atoms with Crippen LogP contribution in [0.15, 0.2) is 34.1 Å². The molecule has 5 nitrogen and oxygen atoms in total. The van der Waals surface area contributed by atoms with Gasteiger partial charge in [-0.15, -0.1) is 0 Å². The lowest BCUT2D eigenvalue weighted by atomic mass is 10.1. The van der Waals surface area contributed by atoms with E-state index in [0.717, 1.165) is 16.8 Å². The lowest BCUT2D eigenvalue weighted by molar-refractivity contribution is -0.137. The highest BCUT2D eigenvalue weighted by Gasteiger charge is 2.33. The molecule has 124 valence electrons. The van der Waals surface area contributed by atoms with Crippen molar-refractivity contribution in [3.8, 4) is 11.9 Å². The number of aromatic hydroxyl groups is 1. The van der Waals surface area contributed by atoms with Crippen molar-refractivity contribution >= 4 is 11.9 Å². The molecule has 1 aromatic carbocycles. The topological polar surface area (TPSA) is 78.4 Å². The standard InChI is InChI=1S/C16H12F3N3O2/c1-9-10(7-20)14(23)22(2)15(24)11(9)8-21-13-6-4-3-5-12(13)16(17,18)19/h3-6,8,24H,1-2H3. The van der Waals surface area contributed by atoms with Gasteiger partial charge in [0.05, 0.1) is 16.8 Å². The van der Waals surface area contributed by atoms with Gasteiger partial charge in [0.2, 0.25) is 5.88 Å². The number of benzene rings is 1. The molecule has 0 radical (unpaired) electrons. The summed E-state index contributed by atoms with van der Waals surface area (Å²) in [6.45, 7) is 1.41. The maximum Gasteiger partial charge on any atom is 0.418 e. The molecule has 1 N–H and O–H groups in total. The first-order valence-electron chi connectivity index (χ1n) is 6.71. The van der Waals surface area contributed by atoms with Crippen molar-refractivity contribution in [2.75, 3.05) is 0 Å². The highest BCUT2D eigenvalue weighted by molar-refractivity contribution is 5.87. The molecule has 0 saturated carbocycles. The molecule has 0 saturated heterocycles. The molecule has 0 amide bonds. The molecular weight excluding hydrogens is 323 g/mol. The zero-order valence-electron chi connectivity index (χ0n) is 12.7. The third kappa shape index (κ3) is 3.01. The van der Waals surface area contributed by atoms with Gasteiger partial charge in [0.1, 0.15) is 11.6 Å². The summed E-state index contributed by atoms with van der Waals surface area (Å²) in [6.07, 6.45) is -3.57. The SMILES string of the molecule is Cc1c(C=Nc2ccccc2C(F)(F)F)c(O)n(C)c(=O)c1C#N. The summed E-state index contributed by atoms with van der Waals surface area (Å²) in [5.74, 6) is -0.482. The lowest BCUT2D eigenvalue weighted by Crippen LogP contribution is -2.22. The summed E-state index contributed by atoms with van der Waals surface area (Å²) in [4.78, 5) is 15.6. The highest BCUT2D eigenvalue weighted by atomic mass is 19.4. The van der Waals surface area contributed by atoms with Crippen molar-refractivity contribution in [1.82, 2.24) is 4.57 Å². The predicted octanol–water partition coefficient (Wildman–Crippen LogP) is 3.04. The molecule has 1 aromatic heterocycles. The number of hydrogen-bond acceptors (Lipinski definition) is 4. The van der Waals surface area contributed by atoms with Gasteiger partial charge in [0, 0.05) is 13.3 Å². The summed E-state index contributed by atoms with van der Waals surface area (Å²) in [7, 11) is 1.25. The Labute approximate surface area is 134 Å². The number of pyridine rings is 1. The van der Waals surface area contributed by atoms with Crippen molar-refractivity contribution in [2.24, 2.45) is 12.0 Å². The molecule has 2 aromatic rings. The molecule has 2 rings (SSSR count). The van der Waals surface area contributed by atoms with Crippen LogP contribution < -0.4 is 5.56 Å². The minimum Gasteiger partial charge on any atom is -0.494 e. The normalized spacial score (nSPS) is 11.7. The molecule has 0 aliphatic carbocycles. The smallest absolute Gasteiger partial charge is 0.418 e. The minimum absolute atomic E-state index is 0.00521. The van der Waals surface area contributed by atoms with Gasteiger partial charge in [-0.05, 0) is 24.6 Å². The van der Waals surface area contributed by atoms with Gasteiger partial charge in [0.15, 0.2) is 0 Å². The fraction of sp³-hybridized carbons (Fsp3) is 0.188. The van der Waals surface area contributed by atoms with Crippen molar-refractivity contribution in [2.45, 2.75) is 13.1 Å². The summed E-state index contributed by atoms with van der Waals surface area (Å²) in [6, 6.07) is 6.43. The first-order valence-corrected chi connectivity index (χ1v) is 6.71. The third-order valence-electron chi connectivity index (χ3n) is 3.51. The van der Waals surface area contributed by atoms with Gasteiger partial charge in [-0.25, -0.2) is 0 Å². The van der Waals surface area contributed by atoms with E-state index in [1.54, 1.807) is 6.07 Å². The number of rotatable bonds is 2. The molecule has 0 bridgehead atoms. The maximum absolute atomic E-state index is 13.0. The quantitative estimate of drug-likeness (QED) is 0.857. The second kappa shape index (κ2) is 6.20. The molecule has 8 heteroatoms. The molecule has 0 aliphatic rings. The van der Waals surface area contributed by atoms with Gasteiger partial charge in [0.25, 0.3) is 5.56 Å².